The van der Waals surface area contributed by atoms with Gasteiger partial charge in [0.25, 0.3) is 0 Å². The number of nitrogens with one attached hydrogen (secondary N) is 1. The second-order valence-electron chi connectivity index (χ2n) is 4.31. The summed E-state index contributed by atoms with van der Waals surface area (Å²) in [7, 11) is 0. The molecule has 2 aromatic rings. The third kappa shape index (κ3) is 2.90. The van der Waals surface area contributed by atoms with E-state index in [9.17, 15) is 4.79 Å². The molecule has 2 N–H and O–H groups in total. The molecule has 4 heteroatoms. The molecule has 0 amide bonds. The lowest BCUT2D eigenvalue weighted by Crippen LogP contribution is -2.04. The lowest BCUT2D eigenvalue weighted by Gasteiger charge is -2.08. The highest BCUT2D eigenvalue weighted by atomic mass is 32.1. The van der Waals surface area contributed by atoms with Crippen LogP contribution in [-0.2, 0) is 6.54 Å². The molecule has 0 unspecified atom stereocenters. The number of aromatic carboxylic acids is 1. The molecule has 0 atom stereocenters. The van der Waals surface area contributed by atoms with Gasteiger partial charge in [0, 0.05) is 12.2 Å². The van der Waals surface area contributed by atoms with Gasteiger partial charge < -0.3 is 10.4 Å². The summed E-state index contributed by atoms with van der Waals surface area (Å²) in [4.78, 5) is 11.4. The van der Waals surface area contributed by atoms with E-state index in [2.05, 4.69) is 23.5 Å². The summed E-state index contributed by atoms with van der Waals surface area (Å²) < 4.78 is 0. The van der Waals surface area contributed by atoms with Gasteiger partial charge in [-0.15, -0.1) is 11.3 Å². The van der Waals surface area contributed by atoms with Gasteiger partial charge in [0.1, 0.15) is 4.88 Å². The summed E-state index contributed by atoms with van der Waals surface area (Å²) in [6, 6.07) is 8.07. The van der Waals surface area contributed by atoms with E-state index < -0.39 is 5.97 Å². The van der Waals surface area contributed by atoms with Crippen LogP contribution in [0.1, 0.15) is 26.4 Å². The second-order valence-corrected chi connectivity index (χ2v) is 5.23. The minimum atomic E-state index is -0.859. The second kappa shape index (κ2) is 5.23. The average Bonchev–Trinajstić information content (AvgIpc) is 2.73. The molecule has 2 rings (SSSR count). The number of anilines is 1. The zero-order chi connectivity index (χ0) is 13.1. The first-order valence-electron chi connectivity index (χ1n) is 5.68. The van der Waals surface area contributed by atoms with E-state index in [0.717, 1.165) is 11.3 Å². The number of carboxylic acid groups (broad SMARTS) is 1. The zero-order valence-corrected chi connectivity index (χ0v) is 11.2. The fraction of sp³-hybridized carbons (Fsp3) is 0.214. The molecule has 0 saturated carbocycles. The van der Waals surface area contributed by atoms with Crippen LogP contribution >= 0.6 is 11.3 Å². The van der Waals surface area contributed by atoms with Crippen molar-refractivity contribution < 1.29 is 9.90 Å². The normalized spacial score (nSPS) is 10.3. The van der Waals surface area contributed by atoms with Crippen LogP contribution in [0.4, 0.5) is 5.69 Å². The van der Waals surface area contributed by atoms with E-state index in [0.29, 0.717) is 11.4 Å². The third-order valence-electron chi connectivity index (χ3n) is 2.65. The first-order valence-corrected chi connectivity index (χ1v) is 6.56. The molecule has 0 radical (unpaired) electrons. The molecular formula is C14H15NO2S. The predicted octanol–water partition coefficient (Wildman–Crippen LogP) is 3.68. The van der Waals surface area contributed by atoms with Crippen molar-refractivity contribution in [2.24, 2.45) is 0 Å². The minimum absolute atomic E-state index is 0.409. The summed E-state index contributed by atoms with van der Waals surface area (Å²) >= 11 is 1.26. The largest absolute Gasteiger partial charge is 0.477 e. The van der Waals surface area contributed by atoms with Crippen LogP contribution in [0.25, 0.3) is 0 Å². The van der Waals surface area contributed by atoms with Crippen LogP contribution in [-0.4, -0.2) is 11.1 Å². The van der Waals surface area contributed by atoms with Crippen molar-refractivity contribution in [2.45, 2.75) is 20.4 Å². The maximum atomic E-state index is 11.0. The van der Waals surface area contributed by atoms with Gasteiger partial charge in [-0.05, 0) is 54.1 Å². The molecular weight excluding hydrogens is 246 g/mol. The van der Waals surface area contributed by atoms with Crippen LogP contribution in [0.15, 0.2) is 29.6 Å². The molecule has 0 aliphatic carbocycles. The molecule has 0 saturated heterocycles. The van der Waals surface area contributed by atoms with Gasteiger partial charge in [-0.1, -0.05) is 6.07 Å². The molecule has 94 valence electrons. The Hall–Kier alpha value is -1.81. The number of hydrogen-bond donors (Lipinski definition) is 2. The average molecular weight is 261 g/mol. The highest BCUT2D eigenvalue weighted by Crippen LogP contribution is 2.19. The lowest BCUT2D eigenvalue weighted by molar-refractivity contribution is 0.0701. The highest BCUT2D eigenvalue weighted by molar-refractivity contribution is 7.12. The Morgan fingerprint density at radius 2 is 1.94 bits per heavy atom. The quantitative estimate of drug-likeness (QED) is 0.882. The number of rotatable bonds is 4. The van der Waals surface area contributed by atoms with E-state index in [4.69, 9.17) is 5.11 Å². The van der Waals surface area contributed by atoms with Gasteiger partial charge in [-0.25, -0.2) is 4.79 Å². The lowest BCUT2D eigenvalue weighted by atomic mass is 10.1. The number of carbonyl (C=O) groups is 1. The first kappa shape index (κ1) is 12.6. The summed E-state index contributed by atoms with van der Waals surface area (Å²) in [5, 5.41) is 14.1. The van der Waals surface area contributed by atoms with Crippen LogP contribution in [0.2, 0.25) is 0 Å². The van der Waals surface area contributed by atoms with Gasteiger partial charge in [0.2, 0.25) is 0 Å². The van der Waals surface area contributed by atoms with E-state index in [-0.39, 0.29) is 0 Å². The van der Waals surface area contributed by atoms with Gasteiger partial charge in [-0.3, -0.25) is 0 Å². The van der Waals surface area contributed by atoms with Crippen molar-refractivity contribution in [3.8, 4) is 0 Å². The van der Waals surface area contributed by atoms with Crippen molar-refractivity contribution in [1.29, 1.82) is 0 Å². The van der Waals surface area contributed by atoms with Gasteiger partial charge in [0.15, 0.2) is 0 Å². The molecule has 0 fully saturated rings. The summed E-state index contributed by atoms with van der Waals surface area (Å²) in [6.45, 7) is 4.63. The van der Waals surface area contributed by atoms with Crippen LogP contribution in [0.5, 0.6) is 0 Å². The van der Waals surface area contributed by atoms with Crippen LogP contribution < -0.4 is 5.32 Å². The Balaban J connectivity index is 2.11. The predicted molar refractivity (Wildman–Crippen MR) is 74.5 cm³/mol. The fourth-order valence-corrected chi connectivity index (χ4v) is 2.70. The Bertz CT molecular complexity index is 555. The number of benzene rings is 1. The number of carboxylic acids is 1. The standard InChI is InChI=1S/C14H15NO2S/c1-9-5-10(2)7-12(6-9)15-8-11-3-4-18-13(11)14(16)17/h3-7,15H,8H2,1-2H3,(H,16,17). The van der Waals surface area contributed by atoms with Crippen molar-refractivity contribution in [3.63, 3.8) is 0 Å². The monoisotopic (exact) mass is 261 g/mol. The number of aryl methyl sites for hydroxylation is 2. The minimum Gasteiger partial charge on any atom is -0.477 e. The molecule has 1 aromatic carbocycles. The SMILES string of the molecule is Cc1cc(C)cc(NCc2ccsc2C(=O)O)c1. The third-order valence-corrected chi connectivity index (χ3v) is 3.59. The van der Waals surface area contributed by atoms with E-state index in [1.54, 1.807) is 0 Å². The zero-order valence-electron chi connectivity index (χ0n) is 10.4. The summed E-state index contributed by atoms with van der Waals surface area (Å²) in [5.41, 5.74) is 4.24. The first-order chi connectivity index (χ1) is 8.56. The van der Waals surface area contributed by atoms with Crippen LogP contribution in [0, 0.1) is 13.8 Å². The van der Waals surface area contributed by atoms with Crippen molar-refractivity contribution in [2.75, 3.05) is 5.32 Å². The number of hydrogen-bond acceptors (Lipinski definition) is 3. The molecule has 1 heterocycles. The Morgan fingerprint density at radius 3 is 2.56 bits per heavy atom. The van der Waals surface area contributed by atoms with Crippen molar-refractivity contribution in [1.82, 2.24) is 0 Å². The van der Waals surface area contributed by atoms with Gasteiger partial charge >= 0.3 is 5.97 Å². The highest BCUT2D eigenvalue weighted by Gasteiger charge is 2.10. The molecule has 0 aliphatic rings. The fourth-order valence-electron chi connectivity index (χ4n) is 1.94. The topological polar surface area (TPSA) is 49.3 Å². The molecule has 0 aliphatic heterocycles. The van der Waals surface area contributed by atoms with Crippen molar-refractivity contribution in [3.05, 3.63) is 51.2 Å². The molecule has 1 aromatic heterocycles. The van der Waals surface area contributed by atoms with E-state index >= 15 is 0 Å². The Labute approximate surface area is 110 Å². The molecule has 0 spiro atoms. The number of thiophene rings is 1. The Morgan fingerprint density at radius 1 is 1.28 bits per heavy atom. The summed E-state index contributed by atoms with van der Waals surface area (Å²) in [5.74, 6) is -0.859. The van der Waals surface area contributed by atoms with Crippen LogP contribution in [0.3, 0.4) is 0 Å². The van der Waals surface area contributed by atoms with E-state index in [1.165, 1.54) is 22.5 Å². The maximum absolute atomic E-state index is 11.0. The molecule has 18 heavy (non-hydrogen) atoms. The van der Waals surface area contributed by atoms with Gasteiger partial charge in [-0.2, -0.15) is 0 Å². The molecule has 3 nitrogen and oxygen atoms in total. The van der Waals surface area contributed by atoms with Crippen molar-refractivity contribution >= 4 is 23.0 Å². The smallest absolute Gasteiger partial charge is 0.346 e. The van der Waals surface area contributed by atoms with Gasteiger partial charge in [0.05, 0.1) is 0 Å². The molecule has 0 bridgehead atoms. The maximum Gasteiger partial charge on any atom is 0.346 e. The Kier molecular flexibility index (Phi) is 3.67. The summed E-state index contributed by atoms with van der Waals surface area (Å²) in [6.07, 6.45) is 0. The van der Waals surface area contributed by atoms with E-state index in [1.807, 2.05) is 25.3 Å².